The first-order valence-corrected chi connectivity index (χ1v) is 9.91. The zero-order valence-electron chi connectivity index (χ0n) is 14.3. The average Bonchev–Trinajstić information content (AvgIpc) is 3.07. The van der Waals surface area contributed by atoms with E-state index in [9.17, 15) is 13.2 Å². The van der Waals surface area contributed by atoms with Gasteiger partial charge in [0, 0.05) is 44.6 Å². The molecular weight excluding hydrogens is 340 g/mol. The van der Waals surface area contributed by atoms with E-state index in [2.05, 4.69) is 10.3 Å². The minimum absolute atomic E-state index is 0.0410. The summed E-state index contributed by atoms with van der Waals surface area (Å²) in [4.78, 5) is 19.4. The lowest BCUT2D eigenvalue weighted by molar-refractivity contribution is 0.0621. The normalized spacial score (nSPS) is 18.3. The van der Waals surface area contributed by atoms with Gasteiger partial charge in [0.25, 0.3) is 5.91 Å². The Morgan fingerprint density at radius 1 is 1.32 bits per heavy atom. The third-order valence-electron chi connectivity index (χ3n) is 4.50. The smallest absolute Gasteiger partial charge is 0.254 e. The number of piperazine rings is 1. The minimum Gasteiger partial charge on any atom is -0.336 e. The molecule has 1 unspecified atom stereocenters. The molecule has 0 radical (unpaired) electrons. The molecule has 8 heteroatoms. The molecule has 1 saturated heterocycles. The van der Waals surface area contributed by atoms with Crippen LogP contribution in [-0.2, 0) is 16.9 Å². The fourth-order valence-electron chi connectivity index (χ4n) is 3.01. The van der Waals surface area contributed by atoms with Crippen LogP contribution in [-0.4, -0.2) is 54.2 Å². The van der Waals surface area contributed by atoms with Crippen LogP contribution in [0.15, 0.2) is 41.6 Å². The molecule has 1 aliphatic rings. The third-order valence-corrected chi connectivity index (χ3v) is 6.25. The van der Waals surface area contributed by atoms with Gasteiger partial charge in [0.05, 0.1) is 10.6 Å². The summed E-state index contributed by atoms with van der Waals surface area (Å²) in [5.41, 5.74) is 0.483. The molecule has 1 aromatic carbocycles. The molecule has 2 heterocycles. The van der Waals surface area contributed by atoms with Crippen molar-refractivity contribution >= 4 is 15.7 Å². The number of sulfone groups is 1. The first-order chi connectivity index (χ1) is 11.9. The monoisotopic (exact) mass is 362 g/mol. The second-order valence-corrected chi connectivity index (χ2v) is 8.32. The van der Waals surface area contributed by atoms with Crippen LogP contribution >= 0.6 is 0 Å². The standard InChI is InChI=1S/C17H22N4O3S/c1-3-25(23,24)14-6-4-13(5-7-14)17(22)21-11-8-18-12-15(21)16-19-9-10-20(16)2/h4-7,9-10,15,18H,3,8,11-12H2,1-2H3. The van der Waals surface area contributed by atoms with Crippen LogP contribution in [0.1, 0.15) is 29.1 Å². The van der Waals surface area contributed by atoms with Gasteiger partial charge in [-0.1, -0.05) is 6.92 Å². The highest BCUT2D eigenvalue weighted by molar-refractivity contribution is 7.91. The molecule has 3 rings (SSSR count). The summed E-state index contributed by atoms with van der Waals surface area (Å²) < 4.78 is 25.7. The van der Waals surface area contributed by atoms with Gasteiger partial charge in [-0.2, -0.15) is 0 Å². The second-order valence-electron chi connectivity index (χ2n) is 6.04. The number of carbonyl (C=O) groups is 1. The van der Waals surface area contributed by atoms with Crippen LogP contribution < -0.4 is 5.32 Å². The summed E-state index contributed by atoms with van der Waals surface area (Å²) in [6.45, 7) is 3.53. The van der Waals surface area contributed by atoms with Gasteiger partial charge in [-0.05, 0) is 24.3 Å². The number of carbonyl (C=O) groups excluding carboxylic acids is 1. The molecule has 1 N–H and O–H groups in total. The molecule has 1 amide bonds. The molecule has 0 bridgehead atoms. The van der Waals surface area contributed by atoms with E-state index in [-0.39, 0.29) is 22.6 Å². The number of nitrogens with one attached hydrogen (secondary N) is 1. The fourth-order valence-corrected chi connectivity index (χ4v) is 3.90. The van der Waals surface area contributed by atoms with Gasteiger partial charge in [0.15, 0.2) is 9.84 Å². The number of rotatable bonds is 4. The van der Waals surface area contributed by atoms with Crippen LogP contribution in [0.5, 0.6) is 0 Å². The van der Waals surface area contributed by atoms with Gasteiger partial charge in [-0.3, -0.25) is 4.79 Å². The Bertz CT molecular complexity index is 858. The molecule has 0 saturated carbocycles. The van der Waals surface area contributed by atoms with Gasteiger partial charge >= 0.3 is 0 Å². The van der Waals surface area contributed by atoms with Crippen molar-refractivity contribution in [2.45, 2.75) is 17.9 Å². The number of aryl methyl sites for hydroxylation is 1. The predicted octanol–water partition coefficient (Wildman–Crippen LogP) is 1.00. The quantitative estimate of drug-likeness (QED) is 0.877. The molecule has 0 aliphatic carbocycles. The van der Waals surface area contributed by atoms with Crippen molar-refractivity contribution in [3.8, 4) is 0 Å². The van der Waals surface area contributed by atoms with Crippen molar-refractivity contribution in [1.82, 2.24) is 19.8 Å². The molecule has 1 atom stereocenters. The molecular formula is C17H22N4O3S. The first kappa shape index (κ1) is 17.6. The molecule has 1 aliphatic heterocycles. The lowest BCUT2D eigenvalue weighted by Crippen LogP contribution is -2.49. The number of aromatic nitrogens is 2. The van der Waals surface area contributed by atoms with Crippen LogP contribution in [0, 0.1) is 0 Å². The van der Waals surface area contributed by atoms with Crippen molar-refractivity contribution < 1.29 is 13.2 Å². The van der Waals surface area contributed by atoms with Crippen molar-refractivity contribution in [2.24, 2.45) is 7.05 Å². The Kier molecular flexibility index (Phi) is 4.91. The molecule has 1 fully saturated rings. The van der Waals surface area contributed by atoms with Gasteiger partial charge in [-0.25, -0.2) is 13.4 Å². The Morgan fingerprint density at radius 2 is 2.04 bits per heavy atom. The first-order valence-electron chi connectivity index (χ1n) is 8.25. The maximum atomic E-state index is 13.0. The number of hydrogen-bond donors (Lipinski definition) is 1. The number of nitrogens with zero attached hydrogens (tertiary/aromatic N) is 3. The largest absolute Gasteiger partial charge is 0.336 e. The van der Waals surface area contributed by atoms with Crippen molar-refractivity contribution in [2.75, 3.05) is 25.4 Å². The van der Waals surface area contributed by atoms with E-state index in [1.54, 1.807) is 30.2 Å². The number of imidazole rings is 1. The lowest BCUT2D eigenvalue weighted by atomic mass is 10.1. The van der Waals surface area contributed by atoms with E-state index in [1.807, 2.05) is 17.8 Å². The van der Waals surface area contributed by atoms with E-state index in [1.165, 1.54) is 12.1 Å². The van der Waals surface area contributed by atoms with E-state index >= 15 is 0 Å². The van der Waals surface area contributed by atoms with E-state index in [0.717, 1.165) is 12.4 Å². The van der Waals surface area contributed by atoms with Gasteiger partial charge in [-0.15, -0.1) is 0 Å². The average molecular weight is 362 g/mol. The zero-order chi connectivity index (χ0) is 18.0. The number of benzene rings is 1. The molecule has 2 aromatic rings. The maximum absolute atomic E-state index is 13.0. The Balaban J connectivity index is 1.87. The second kappa shape index (κ2) is 6.97. The highest BCUT2D eigenvalue weighted by atomic mass is 32.2. The summed E-state index contributed by atoms with van der Waals surface area (Å²) in [6, 6.07) is 6.03. The SMILES string of the molecule is CCS(=O)(=O)c1ccc(C(=O)N2CCNCC2c2nccn2C)cc1. The molecule has 0 spiro atoms. The summed E-state index contributed by atoms with van der Waals surface area (Å²) in [6.07, 6.45) is 3.58. The lowest BCUT2D eigenvalue weighted by Gasteiger charge is -2.35. The summed E-state index contributed by atoms with van der Waals surface area (Å²) in [5.74, 6) is 0.750. The van der Waals surface area contributed by atoms with Crippen molar-refractivity contribution in [3.63, 3.8) is 0 Å². The summed E-state index contributed by atoms with van der Waals surface area (Å²) in [7, 11) is -1.36. The summed E-state index contributed by atoms with van der Waals surface area (Å²) in [5, 5.41) is 3.30. The van der Waals surface area contributed by atoms with Crippen LogP contribution in [0.4, 0.5) is 0 Å². The Morgan fingerprint density at radius 3 is 2.64 bits per heavy atom. The maximum Gasteiger partial charge on any atom is 0.254 e. The summed E-state index contributed by atoms with van der Waals surface area (Å²) >= 11 is 0. The van der Waals surface area contributed by atoms with E-state index in [0.29, 0.717) is 18.7 Å². The Labute approximate surface area is 147 Å². The minimum atomic E-state index is -3.27. The van der Waals surface area contributed by atoms with Gasteiger partial charge in [0.1, 0.15) is 11.9 Å². The van der Waals surface area contributed by atoms with Crippen molar-refractivity contribution in [3.05, 3.63) is 48.0 Å². The van der Waals surface area contributed by atoms with Crippen LogP contribution in [0.25, 0.3) is 0 Å². The fraction of sp³-hybridized carbons (Fsp3) is 0.412. The number of hydrogen-bond acceptors (Lipinski definition) is 5. The van der Waals surface area contributed by atoms with Gasteiger partial charge in [0.2, 0.25) is 0 Å². The predicted molar refractivity (Wildman–Crippen MR) is 94.0 cm³/mol. The molecule has 7 nitrogen and oxygen atoms in total. The van der Waals surface area contributed by atoms with E-state index < -0.39 is 9.84 Å². The van der Waals surface area contributed by atoms with Crippen LogP contribution in [0.2, 0.25) is 0 Å². The highest BCUT2D eigenvalue weighted by Gasteiger charge is 2.31. The van der Waals surface area contributed by atoms with Gasteiger partial charge < -0.3 is 14.8 Å². The van der Waals surface area contributed by atoms with Crippen molar-refractivity contribution in [1.29, 1.82) is 0 Å². The highest BCUT2D eigenvalue weighted by Crippen LogP contribution is 2.23. The topological polar surface area (TPSA) is 84.3 Å². The molecule has 25 heavy (non-hydrogen) atoms. The molecule has 134 valence electrons. The third kappa shape index (κ3) is 3.45. The van der Waals surface area contributed by atoms with E-state index in [4.69, 9.17) is 0 Å². The molecule has 1 aromatic heterocycles. The van der Waals surface area contributed by atoms with Crippen LogP contribution in [0.3, 0.4) is 0 Å². The Hall–Kier alpha value is -2.19. The zero-order valence-corrected chi connectivity index (χ0v) is 15.2. The number of amides is 1.